The van der Waals surface area contributed by atoms with Crippen molar-refractivity contribution in [2.24, 2.45) is 0 Å². The van der Waals surface area contributed by atoms with Crippen molar-refractivity contribution in [3.8, 4) is 0 Å². The van der Waals surface area contributed by atoms with Gasteiger partial charge < -0.3 is 10.2 Å². The number of aromatic nitrogens is 2. The second kappa shape index (κ2) is 6.85. The standard InChI is InChI=1S/C17H24N4/c1-2-11-21(13-15-8-5-6-10-18-15)17-16-9-4-3-7-14(16)12-19-20-17/h3-4,7,9,12,15,18H,2,5-6,8,10-11,13H2,1H3. The summed E-state index contributed by atoms with van der Waals surface area (Å²) in [5.41, 5.74) is 0. The van der Waals surface area contributed by atoms with Gasteiger partial charge in [-0.1, -0.05) is 37.6 Å². The Bertz CT molecular complexity index is 573. The molecule has 4 nitrogen and oxygen atoms in total. The zero-order valence-electron chi connectivity index (χ0n) is 12.8. The van der Waals surface area contributed by atoms with E-state index in [2.05, 4.69) is 51.6 Å². The summed E-state index contributed by atoms with van der Waals surface area (Å²) in [4.78, 5) is 2.40. The van der Waals surface area contributed by atoms with E-state index >= 15 is 0 Å². The molecule has 1 N–H and O–H groups in total. The lowest BCUT2D eigenvalue weighted by molar-refractivity contribution is 0.398. The molecular formula is C17H24N4. The minimum atomic E-state index is 0.575. The van der Waals surface area contributed by atoms with Gasteiger partial charge in [-0.2, -0.15) is 5.10 Å². The molecule has 1 aliphatic heterocycles. The summed E-state index contributed by atoms with van der Waals surface area (Å²) in [7, 11) is 0. The number of benzene rings is 1. The summed E-state index contributed by atoms with van der Waals surface area (Å²) < 4.78 is 0. The van der Waals surface area contributed by atoms with E-state index in [-0.39, 0.29) is 0 Å². The van der Waals surface area contributed by atoms with E-state index in [1.165, 1.54) is 30.0 Å². The molecule has 1 fully saturated rings. The smallest absolute Gasteiger partial charge is 0.159 e. The largest absolute Gasteiger partial charge is 0.353 e. The van der Waals surface area contributed by atoms with E-state index in [0.717, 1.165) is 31.9 Å². The summed E-state index contributed by atoms with van der Waals surface area (Å²) >= 11 is 0. The first-order valence-corrected chi connectivity index (χ1v) is 8.07. The van der Waals surface area contributed by atoms with Gasteiger partial charge in [0.25, 0.3) is 0 Å². The molecule has 112 valence electrons. The second-order valence-electron chi connectivity index (χ2n) is 5.85. The van der Waals surface area contributed by atoms with E-state index < -0.39 is 0 Å². The number of rotatable bonds is 5. The van der Waals surface area contributed by atoms with E-state index in [0.29, 0.717) is 6.04 Å². The lowest BCUT2D eigenvalue weighted by atomic mass is 10.0. The number of nitrogens with one attached hydrogen (secondary N) is 1. The number of anilines is 1. The topological polar surface area (TPSA) is 41.0 Å². The fraction of sp³-hybridized carbons (Fsp3) is 0.529. The molecule has 0 spiro atoms. The van der Waals surface area contributed by atoms with E-state index in [9.17, 15) is 0 Å². The van der Waals surface area contributed by atoms with Crippen molar-refractivity contribution in [2.75, 3.05) is 24.5 Å². The molecule has 0 radical (unpaired) electrons. The van der Waals surface area contributed by atoms with Crippen LogP contribution in [0.3, 0.4) is 0 Å². The molecular weight excluding hydrogens is 260 g/mol. The van der Waals surface area contributed by atoms with Crippen LogP contribution in [0, 0.1) is 0 Å². The van der Waals surface area contributed by atoms with Crippen LogP contribution in [-0.4, -0.2) is 35.9 Å². The van der Waals surface area contributed by atoms with E-state index in [4.69, 9.17) is 0 Å². The second-order valence-corrected chi connectivity index (χ2v) is 5.85. The third-order valence-electron chi connectivity index (χ3n) is 4.20. The van der Waals surface area contributed by atoms with E-state index in [1.807, 2.05) is 6.20 Å². The first-order valence-electron chi connectivity index (χ1n) is 8.07. The summed E-state index contributed by atoms with van der Waals surface area (Å²) in [5, 5.41) is 14.6. The molecule has 21 heavy (non-hydrogen) atoms. The molecule has 1 unspecified atom stereocenters. The number of hydrogen-bond donors (Lipinski definition) is 1. The van der Waals surface area contributed by atoms with Crippen molar-refractivity contribution in [3.05, 3.63) is 30.5 Å². The molecule has 2 aromatic rings. The SMILES string of the molecule is CCCN(CC1CCCCN1)c1nncc2ccccc12. The Balaban J connectivity index is 1.87. The first kappa shape index (κ1) is 14.3. The summed E-state index contributed by atoms with van der Waals surface area (Å²) in [6.45, 7) is 5.42. The predicted octanol–water partition coefficient (Wildman–Crippen LogP) is 2.99. The van der Waals surface area contributed by atoms with Crippen LogP contribution in [0.25, 0.3) is 10.8 Å². The highest BCUT2D eigenvalue weighted by Gasteiger charge is 2.19. The van der Waals surface area contributed by atoms with Gasteiger partial charge in [0.2, 0.25) is 0 Å². The minimum Gasteiger partial charge on any atom is -0.353 e. The average molecular weight is 284 g/mol. The normalized spacial score (nSPS) is 18.8. The zero-order chi connectivity index (χ0) is 14.5. The number of piperidine rings is 1. The lowest BCUT2D eigenvalue weighted by Gasteiger charge is -2.31. The van der Waals surface area contributed by atoms with Gasteiger partial charge in [-0.25, -0.2) is 0 Å². The molecule has 3 rings (SSSR count). The molecule has 0 saturated carbocycles. The molecule has 2 heterocycles. The summed E-state index contributed by atoms with van der Waals surface area (Å²) in [6.07, 6.45) is 6.87. The first-order chi connectivity index (χ1) is 10.4. The third kappa shape index (κ3) is 3.32. The van der Waals surface area contributed by atoms with Crippen LogP contribution >= 0.6 is 0 Å². The molecule has 4 heteroatoms. The highest BCUT2D eigenvalue weighted by Crippen LogP contribution is 2.24. The maximum atomic E-state index is 4.44. The lowest BCUT2D eigenvalue weighted by Crippen LogP contribution is -2.44. The molecule has 1 aliphatic rings. The fourth-order valence-electron chi connectivity index (χ4n) is 3.15. The summed E-state index contributed by atoms with van der Waals surface area (Å²) in [6, 6.07) is 8.97. The van der Waals surface area contributed by atoms with Gasteiger partial charge >= 0.3 is 0 Å². The van der Waals surface area contributed by atoms with Crippen molar-refractivity contribution in [1.82, 2.24) is 15.5 Å². The number of nitrogens with zero attached hydrogens (tertiary/aromatic N) is 3. The quantitative estimate of drug-likeness (QED) is 0.916. The Morgan fingerprint density at radius 1 is 1.29 bits per heavy atom. The summed E-state index contributed by atoms with van der Waals surface area (Å²) in [5.74, 6) is 1.03. The van der Waals surface area contributed by atoms with Crippen LogP contribution in [0.1, 0.15) is 32.6 Å². The molecule has 1 saturated heterocycles. The predicted molar refractivity (Wildman–Crippen MR) is 87.7 cm³/mol. The molecule has 1 aromatic heterocycles. The Hall–Kier alpha value is -1.68. The monoisotopic (exact) mass is 284 g/mol. The van der Waals surface area contributed by atoms with Gasteiger partial charge in [0.1, 0.15) is 0 Å². The van der Waals surface area contributed by atoms with Gasteiger partial charge in [0, 0.05) is 29.9 Å². The Kier molecular flexibility index (Phi) is 4.65. The van der Waals surface area contributed by atoms with Gasteiger partial charge in [0.05, 0.1) is 6.20 Å². The van der Waals surface area contributed by atoms with Crippen molar-refractivity contribution < 1.29 is 0 Å². The average Bonchev–Trinajstić information content (AvgIpc) is 2.55. The maximum Gasteiger partial charge on any atom is 0.159 e. The third-order valence-corrected chi connectivity index (χ3v) is 4.20. The molecule has 0 bridgehead atoms. The van der Waals surface area contributed by atoms with Gasteiger partial charge in [-0.3, -0.25) is 0 Å². The van der Waals surface area contributed by atoms with Gasteiger partial charge in [-0.15, -0.1) is 5.10 Å². The fourth-order valence-corrected chi connectivity index (χ4v) is 3.15. The molecule has 0 aliphatic carbocycles. The van der Waals surface area contributed by atoms with E-state index in [1.54, 1.807) is 0 Å². The van der Waals surface area contributed by atoms with Crippen LogP contribution in [-0.2, 0) is 0 Å². The van der Waals surface area contributed by atoms with Gasteiger partial charge in [-0.05, 0) is 25.8 Å². The van der Waals surface area contributed by atoms with Crippen LogP contribution < -0.4 is 10.2 Å². The van der Waals surface area contributed by atoms with Crippen LogP contribution in [0.2, 0.25) is 0 Å². The van der Waals surface area contributed by atoms with Gasteiger partial charge in [0.15, 0.2) is 5.82 Å². The molecule has 1 atom stereocenters. The number of fused-ring (bicyclic) bond motifs is 1. The highest BCUT2D eigenvalue weighted by atomic mass is 15.3. The Labute approximate surface area is 126 Å². The van der Waals surface area contributed by atoms with Crippen molar-refractivity contribution in [2.45, 2.75) is 38.6 Å². The Morgan fingerprint density at radius 2 is 2.19 bits per heavy atom. The highest BCUT2D eigenvalue weighted by molar-refractivity contribution is 5.91. The van der Waals surface area contributed by atoms with Crippen LogP contribution in [0.5, 0.6) is 0 Å². The van der Waals surface area contributed by atoms with Crippen molar-refractivity contribution >= 4 is 16.6 Å². The molecule has 0 amide bonds. The van der Waals surface area contributed by atoms with Crippen molar-refractivity contribution in [3.63, 3.8) is 0 Å². The number of hydrogen-bond acceptors (Lipinski definition) is 4. The maximum absolute atomic E-state index is 4.44. The van der Waals surface area contributed by atoms with Crippen LogP contribution in [0.15, 0.2) is 30.5 Å². The Morgan fingerprint density at radius 3 is 3.00 bits per heavy atom. The zero-order valence-corrected chi connectivity index (χ0v) is 12.8. The van der Waals surface area contributed by atoms with Crippen LogP contribution in [0.4, 0.5) is 5.82 Å². The van der Waals surface area contributed by atoms with Crippen molar-refractivity contribution in [1.29, 1.82) is 0 Å². The minimum absolute atomic E-state index is 0.575. The molecule has 1 aromatic carbocycles.